The smallest absolute Gasteiger partial charge is 0.222 e. The van der Waals surface area contributed by atoms with Crippen LogP contribution in [0.25, 0.3) is 0 Å². The lowest BCUT2D eigenvalue weighted by atomic mass is 9.98. The van der Waals surface area contributed by atoms with Crippen molar-refractivity contribution < 1.29 is 9.90 Å². The van der Waals surface area contributed by atoms with Crippen LogP contribution in [-0.2, 0) is 4.79 Å². The Balaban J connectivity index is 1.59. The first-order chi connectivity index (χ1) is 8.68. The topological polar surface area (TPSA) is 52.6 Å². The Hall–Kier alpha value is -0.610. The summed E-state index contributed by atoms with van der Waals surface area (Å²) in [5.41, 5.74) is -0.713. The average molecular weight is 254 g/mol. The van der Waals surface area contributed by atoms with Gasteiger partial charge in [-0.2, -0.15) is 0 Å². The van der Waals surface area contributed by atoms with Crippen LogP contribution < -0.4 is 5.32 Å². The van der Waals surface area contributed by atoms with Crippen LogP contribution in [0.5, 0.6) is 0 Å². The molecule has 2 aliphatic rings. The maximum absolute atomic E-state index is 11.8. The van der Waals surface area contributed by atoms with Gasteiger partial charge in [-0.15, -0.1) is 0 Å². The highest BCUT2D eigenvalue weighted by atomic mass is 16.3. The van der Waals surface area contributed by atoms with Crippen molar-refractivity contribution in [2.45, 2.75) is 57.0 Å². The Morgan fingerprint density at radius 3 is 2.44 bits per heavy atom. The van der Waals surface area contributed by atoms with E-state index in [9.17, 15) is 9.90 Å². The molecule has 0 spiro atoms. The van der Waals surface area contributed by atoms with Crippen LogP contribution in [0.3, 0.4) is 0 Å². The highest BCUT2D eigenvalue weighted by Crippen LogP contribution is 2.32. The van der Waals surface area contributed by atoms with Crippen LogP contribution in [0.4, 0.5) is 0 Å². The molecule has 104 valence electrons. The van der Waals surface area contributed by atoms with Crippen LogP contribution in [0.1, 0.15) is 51.4 Å². The molecule has 1 aliphatic heterocycles. The van der Waals surface area contributed by atoms with E-state index < -0.39 is 5.60 Å². The molecule has 0 atom stereocenters. The number of piperidine rings is 1. The molecule has 1 aliphatic carbocycles. The fourth-order valence-corrected chi connectivity index (χ4v) is 3.11. The summed E-state index contributed by atoms with van der Waals surface area (Å²) in [5, 5.41) is 13.1. The van der Waals surface area contributed by atoms with Crippen molar-refractivity contribution in [3.63, 3.8) is 0 Å². The number of carbonyl (C=O) groups excluding carboxylic acids is 1. The van der Waals surface area contributed by atoms with Gasteiger partial charge in [-0.25, -0.2) is 0 Å². The minimum Gasteiger partial charge on any atom is -0.389 e. The van der Waals surface area contributed by atoms with Gasteiger partial charge in [0.15, 0.2) is 0 Å². The molecule has 0 aromatic carbocycles. The quantitative estimate of drug-likeness (QED) is 0.777. The molecule has 4 nitrogen and oxygen atoms in total. The summed E-state index contributed by atoms with van der Waals surface area (Å²) in [4.78, 5) is 14.2. The lowest BCUT2D eigenvalue weighted by molar-refractivity contribution is -0.125. The monoisotopic (exact) mass is 254 g/mol. The largest absolute Gasteiger partial charge is 0.389 e. The Labute approximate surface area is 110 Å². The lowest BCUT2D eigenvalue weighted by Gasteiger charge is -2.26. The van der Waals surface area contributed by atoms with Crippen molar-refractivity contribution in [2.24, 2.45) is 0 Å². The molecule has 1 amide bonds. The molecule has 1 saturated carbocycles. The van der Waals surface area contributed by atoms with Gasteiger partial charge in [-0.05, 0) is 38.8 Å². The summed E-state index contributed by atoms with van der Waals surface area (Å²) in [6, 6.07) is 0. The van der Waals surface area contributed by atoms with E-state index in [0.717, 1.165) is 38.8 Å². The number of likely N-dealkylation sites (tertiary alicyclic amines) is 1. The van der Waals surface area contributed by atoms with E-state index in [4.69, 9.17) is 0 Å². The van der Waals surface area contributed by atoms with Gasteiger partial charge in [-0.3, -0.25) is 4.79 Å². The van der Waals surface area contributed by atoms with E-state index in [2.05, 4.69) is 10.2 Å². The van der Waals surface area contributed by atoms with E-state index >= 15 is 0 Å². The standard InChI is InChI=1S/C14H26N2O2/c17-13(12-14(18)6-2-3-7-14)15-8-11-16-9-4-1-5-10-16/h18H,1-12H2,(H,15,17). The molecular formula is C14H26N2O2. The zero-order valence-electron chi connectivity index (χ0n) is 11.3. The molecule has 2 N–H and O–H groups in total. The molecule has 1 heterocycles. The molecule has 1 saturated heterocycles. The zero-order valence-corrected chi connectivity index (χ0v) is 11.3. The van der Waals surface area contributed by atoms with Crippen molar-refractivity contribution in [1.29, 1.82) is 0 Å². The number of rotatable bonds is 5. The van der Waals surface area contributed by atoms with Gasteiger partial charge in [0.25, 0.3) is 0 Å². The van der Waals surface area contributed by atoms with Gasteiger partial charge in [0.2, 0.25) is 5.91 Å². The molecule has 0 unspecified atom stereocenters. The number of nitrogens with zero attached hydrogens (tertiary/aromatic N) is 1. The van der Waals surface area contributed by atoms with Crippen LogP contribution in [-0.4, -0.2) is 47.7 Å². The van der Waals surface area contributed by atoms with Crippen LogP contribution in [0.2, 0.25) is 0 Å². The number of nitrogens with one attached hydrogen (secondary N) is 1. The van der Waals surface area contributed by atoms with Crippen molar-refractivity contribution in [2.75, 3.05) is 26.2 Å². The first kappa shape index (κ1) is 13.8. The van der Waals surface area contributed by atoms with Gasteiger partial charge in [0.05, 0.1) is 12.0 Å². The first-order valence-corrected chi connectivity index (χ1v) is 7.39. The number of hydrogen-bond acceptors (Lipinski definition) is 3. The van der Waals surface area contributed by atoms with Gasteiger partial charge in [0, 0.05) is 13.1 Å². The van der Waals surface area contributed by atoms with Crippen LogP contribution in [0.15, 0.2) is 0 Å². The van der Waals surface area contributed by atoms with E-state index in [1.807, 2.05) is 0 Å². The number of amides is 1. The predicted molar refractivity (Wildman–Crippen MR) is 71.3 cm³/mol. The molecule has 0 aromatic heterocycles. The van der Waals surface area contributed by atoms with E-state index in [1.54, 1.807) is 0 Å². The Bertz CT molecular complexity index is 269. The second-order valence-corrected chi connectivity index (χ2v) is 5.86. The molecule has 4 heteroatoms. The molecule has 0 aromatic rings. The van der Waals surface area contributed by atoms with Gasteiger partial charge >= 0.3 is 0 Å². The molecule has 18 heavy (non-hydrogen) atoms. The van der Waals surface area contributed by atoms with Gasteiger partial charge in [-0.1, -0.05) is 19.3 Å². The summed E-state index contributed by atoms with van der Waals surface area (Å²) in [7, 11) is 0. The lowest BCUT2D eigenvalue weighted by Crippen LogP contribution is -2.40. The first-order valence-electron chi connectivity index (χ1n) is 7.39. The third-order valence-corrected chi connectivity index (χ3v) is 4.22. The van der Waals surface area contributed by atoms with Gasteiger partial charge in [0.1, 0.15) is 0 Å². The SMILES string of the molecule is O=C(CC1(O)CCCC1)NCCN1CCCCC1. The minimum atomic E-state index is -0.713. The third kappa shape index (κ3) is 4.25. The summed E-state index contributed by atoms with van der Waals surface area (Å²) in [6.45, 7) is 4.00. The highest BCUT2D eigenvalue weighted by molar-refractivity contribution is 5.77. The number of aliphatic hydroxyl groups is 1. The zero-order chi connectivity index (χ0) is 12.8. The van der Waals surface area contributed by atoms with Crippen LogP contribution >= 0.6 is 0 Å². The van der Waals surface area contributed by atoms with E-state index in [0.29, 0.717) is 0 Å². The molecule has 2 fully saturated rings. The Kier molecular flexibility index (Phi) is 5.01. The normalized spacial score (nSPS) is 24.1. The summed E-state index contributed by atoms with van der Waals surface area (Å²) in [6.07, 6.45) is 7.87. The highest BCUT2D eigenvalue weighted by Gasteiger charge is 2.33. The van der Waals surface area contributed by atoms with Crippen molar-refractivity contribution >= 4 is 5.91 Å². The second kappa shape index (κ2) is 6.53. The molecule has 0 bridgehead atoms. The summed E-state index contributed by atoms with van der Waals surface area (Å²) >= 11 is 0. The maximum atomic E-state index is 11.8. The number of carbonyl (C=O) groups is 1. The molecule has 2 rings (SSSR count). The third-order valence-electron chi connectivity index (χ3n) is 4.22. The summed E-state index contributed by atoms with van der Waals surface area (Å²) < 4.78 is 0. The van der Waals surface area contributed by atoms with Crippen molar-refractivity contribution in [3.8, 4) is 0 Å². The van der Waals surface area contributed by atoms with Crippen molar-refractivity contribution in [3.05, 3.63) is 0 Å². The predicted octanol–water partition coefficient (Wildman–Crippen LogP) is 1.28. The van der Waals surface area contributed by atoms with Crippen molar-refractivity contribution in [1.82, 2.24) is 10.2 Å². The molecule has 0 radical (unpaired) electrons. The number of hydrogen-bond donors (Lipinski definition) is 2. The fraction of sp³-hybridized carbons (Fsp3) is 0.929. The minimum absolute atomic E-state index is 0.0106. The average Bonchev–Trinajstić information content (AvgIpc) is 2.77. The maximum Gasteiger partial charge on any atom is 0.222 e. The fourth-order valence-electron chi connectivity index (χ4n) is 3.11. The molecular weight excluding hydrogens is 228 g/mol. The van der Waals surface area contributed by atoms with E-state index in [-0.39, 0.29) is 12.3 Å². The van der Waals surface area contributed by atoms with Crippen LogP contribution in [0, 0.1) is 0 Å². The summed E-state index contributed by atoms with van der Waals surface area (Å²) in [5.74, 6) is 0.0106. The van der Waals surface area contributed by atoms with E-state index in [1.165, 1.54) is 32.4 Å². The second-order valence-electron chi connectivity index (χ2n) is 5.86. The Morgan fingerprint density at radius 1 is 1.11 bits per heavy atom. The Morgan fingerprint density at radius 2 is 1.78 bits per heavy atom. The van der Waals surface area contributed by atoms with Gasteiger partial charge < -0.3 is 15.3 Å².